The number of nitrogen functional groups attached to an aromatic ring is 2. The summed E-state index contributed by atoms with van der Waals surface area (Å²) in [5, 5.41) is 0. The predicted octanol–water partition coefficient (Wildman–Crippen LogP) is 1.75. The molecule has 0 aliphatic heterocycles. The Balaban J connectivity index is 2.58. The van der Waals surface area contributed by atoms with Crippen LogP contribution in [0.25, 0.3) is 11.4 Å². The average molecular weight is 248 g/mol. The van der Waals surface area contributed by atoms with Gasteiger partial charge in [0.2, 0.25) is 0 Å². The third-order valence-electron chi connectivity index (χ3n) is 2.96. The van der Waals surface area contributed by atoms with E-state index in [1.54, 1.807) is 12.5 Å². The molecule has 0 fully saturated rings. The second-order valence-corrected chi connectivity index (χ2v) is 5.01. The Morgan fingerprint density at radius 3 is 2.39 bits per heavy atom. The highest BCUT2D eigenvalue weighted by Gasteiger charge is 2.19. The maximum Gasteiger partial charge on any atom is 0.152 e. The minimum absolute atomic E-state index is 0.224. The van der Waals surface area contributed by atoms with Crippen molar-refractivity contribution in [1.29, 1.82) is 0 Å². The minimum atomic E-state index is 0.224. The van der Waals surface area contributed by atoms with E-state index in [1.165, 1.54) is 4.68 Å². The molecule has 2 aromatic rings. The first-order valence-corrected chi connectivity index (χ1v) is 6.08. The van der Waals surface area contributed by atoms with Gasteiger partial charge < -0.3 is 16.1 Å². The number of rotatable bonds is 3. The highest BCUT2D eigenvalue weighted by atomic mass is 15.4. The summed E-state index contributed by atoms with van der Waals surface area (Å²) in [5.74, 6) is 7.41. The summed E-state index contributed by atoms with van der Waals surface area (Å²) in [6, 6.07) is 0.298. The Labute approximate surface area is 107 Å². The molecule has 6 heteroatoms. The van der Waals surface area contributed by atoms with Crippen LogP contribution < -0.4 is 11.6 Å². The van der Waals surface area contributed by atoms with Crippen LogP contribution in [-0.2, 0) is 0 Å². The van der Waals surface area contributed by atoms with E-state index in [1.807, 2.05) is 18.4 Å². The van der Waals surface area contributed by atoms with Crippen molar-refractivity contribution in [1.82, 2.24) is 19.2 Å². The Kier molecular flexibility index (Phi) is 3.02. The number of aromatic nitrogens is 4. The largest absolute Gasteiger partial charge is 0.382 e. The molecule has 0 amide bonds. The summed E-state index contributed by atoms with van der Waals surface area (Å²) in [4.78, 5) is 8.71. The Morgan fingerprint density at radius 1 is 1.22 bits per heavy atom. The fraction of sp³-hybridized carbons (Fsp3) is 0.500. The SMILES string of the molecule is CC(C)c1nc(-c2cncn2C(C)C)c(N)n1N. The molecule has 0 spiro atoms. The monoisotopic (exact) mass is 248 g/mol. The lowest BCUT2D eigenvalue weighted by atomic mass is 10.2. The zero-order valence-electron chi connectivity index (χ0n) is 11.3. The van der Waals surface area contributed by atoms with Gasteiger partial charge in [-0.05, 0) is 13.8 Å². The molecule has 0 radical (unpaired) electrons. The van der Waals surface area contributed by atoms with Crippen LogP contribution >= 0.6 is 0 Å². The van der Waals surface area contributed by atoms with Gasteiger partial charge in [-0.1, -0.05) is 13.8 Å². The van der Waals surface area contributed by atoms with Gasteiger partial charge in [0.15, 0.2) is 5.82 Å². The van der Waals surface area contributed by atoms with Crippen molar-refractivity contribution in [2.75, 3.05) is 11.6 Å². The maximum atomic E-state index is 6.04. The lowest BCUT2D eigenvalue weighted by Crippen LogP contribution is -2.16. The highest BCUT2D eigenvalue weighted by Crippen LogP contribution is 2.28. The van der Waals surface area contributed by atoms with Gasteiger partial charge in [0, 0.05) is 12.0 Å². The van der Waals surface area contributed by atoms with E-state index in [9.17, 15) is 0 Å². The third kappa shape index (κ3) is 1.83. The first-order chi connectivity index (χ1) is 8.43. The normalized spacial score (nSPS) is 11.7. The van der Waals surface area contributed by atoms with Crippen LogP contribution in [0, 0.1) is 0 Å². The van der Waals surface area contributed by atoms with Gasteiger partial charge in [-0.3, -0.25) is 0 Å². The first-order valence-electron chi connectivity index (χ1n) is 6.08. The van der Waals surface area contributed by atoms with Gasteiger partial charge in [0.05, 0.1) is 18.2 Å². The molecule has 18 heavy (non-hydrogen) atoms. The van der Waals surface area contributed by atoms with Crippen LogP contribution in [-0.4, -0.2) is 19.2 Å². The number of nitrogens with zero attached hydrogens (tertiary/aromatic N) is 4. The Morgan fingerprint density at radius 2 is 1.89 bits per heavy atom. The summed E-state index contributed by atoms with van der Waals surface area (Å²) >= 11 is 0. The summed E-state index contributed by atoms with van der Waals surface area (Å²) in [6.07, 6.45) is 3.55. The quantitative estimate of drug-likeness (QED) is 0.810. The maximum absolute atomic E-state index is 6.04. The molecule has 2 aromatic heterocycles. The number of imidazole rings is 2. The van der Waals surface area contributed by atoms with Gasteiger partial charge in [0.1, 0.15) is 11.5 Å². The molecule has 2 rings (SSSR count). The van der Waals surface area contributed by atoms with Crippen molar-refractivity contribution in [3.63, 3.8) is 0 Å². The Hall–Kier alpha value is -1.98. The Bertz CT molecular complexity index is 549. The van der Waals surface area contributed by atoms with E-state index in [0.29, 0.717) is 17.6 Å². The molecule has 0 atom stereocenters. The van der Waals surface area contributed by atoms with E-state index < -0.39 is 0 Å². The van der Waals surface area contributed by atoms with Gasteiger partial charge >= 0.3 is 0 Å². The average Bonchev–Trinajstić information content (AvgIpc) is 2.86. The van der Waals surface area contributed by atoms with Crippen molar-refractivity contribution in [3.05, 3.63) is 18.3 Å². The van der Waals surface area contributed by atoms with Crippen LogP contribution in [0.3, 0.4) is 0 Å². The molecule has 0 unspecified atom stereocenters. The van der Waals surface area contributed by atoms with Crippen LogP contribution in [0.15, 0.2) is 12.5 Å². The molecule has 0 saturated carbocycles. The highest BCUT2D eigenvalue weighted by molar-refractivity contribution is 5.68. The number of anilines is 1. The second-order valence-electron chi connectivity index (χ2n) is 5.01. The summed E-state index contributed by atoms with van der Waals surface area (Å²) in [5.41, 5.74) is 7.63. The molecule has 6 nitrogen and oxygen atoms in total. The molecule has 2 heterocycles. The topological polar surface area (TPSA) is 87.7 Å². The van der Waals surface area contributed by atoms with Crippen molar-refractivity contribution >= 4 is 5.82 Å². The molecule has 98 valence electrons. The van der Waals surface area contributed by atoms with Gasteiger partial charge in [-0.25, -0.2) is 14.6 Å². The van der Waals surface area contributed by atoms with Gasteiger partial charge in [0.25, 0.3) is 0 Å². The first kappa shape index (κ1) is 12.5. The van der Waals surface area contributed by atoms with Crippen molar-refractivity contribution < 1.29 is 0 Å². The molecule has 0 aliphatic rings. The molecule has 0 aliphatic carbocycles. The minimum Gasteiger partial charge on any atom is -0.382 e. The van der Waals surface area contributed by atoms with Crippen LogP contribution in [0.1, 0.15) is 45.5 Å². The lowest BCUT2D eigenvalue weighted by molar-refractivity contribution is 0.604. The third-order valence-corrected chi connectivity index (χ3v) is 2.96. The van der Waals surface area contributed by atoms with E-state index in [-0.39, 0.29) is 5.92 Å². The van der Waals surface area contributed by atoms with Gasteiger partial charge in [-0.15, -0.1) is 0 Å². The fourth-order valence-electron chi connectivity index (χ4n) is 1.96. The number of nitrogens with two attached hydrogens (primary N) is 2. The summed E-state index contributed by atoms with van der Waals surface area (Å²) in [6.45, 7) is 8.25. The van der Waals surface area contributed by atoms with Crippen LogP contribution in [0.5, 0.6) is 0 Å². The van der Waals surface area contributed by atoms with Gasteiger partial charge in [-0.2, -0.15) is 0 Å². The number of hydrogen-bond donors (Lipinski definition) is 2. The molecule has 0 saturated heterocycles. The van der Waals surface area contributed by atoms with Crippen LogP contribution in [0.2, 0.25) is 0 Å². The van der Waals surface area contributed by atoms with E-state index in [2.05, 4.69) is 23.8 Å². The fourth-order valence-corrected chi connectivity index (χ4v) is 1.96. The molecular formula is C12H20N6. The van der Waals surface area contributed by atoms with Crippen LogP contribution in [0.4, 0.5) is 5.82 Å². The smallest absolute Gasteiger partial charge is 0.152 e. The molecule has 4 N–H and O–H groups in total. The zero-order valence-corrected chi connectivity index (χ0v) is 11.3. The van der Waals surface area contributed by atoms with E-state index in [4.69, 9.17) is 11.6 Å². The summed E-state index contributed by atoms with van der Waals surface area (Å²) in [7, 11) is 0. The standard InChI is InChI=1S/C12H20N6/c1-7(2)12-16-10(11(13)18(12)14)9-5-15-6-17(9)8(3)4/h5-8H,13-14H2,1-4H3. The lowest BCUT2D eigenvalue weighted by Gasteiger charge is -2.10. The van der Waals surface area contributed by atoms with E-state index in [0.717, 1.165) is 11.5 Å². The molecule has 0 bridgehead atoms. The zero-order chi connectivity index (χ0) is 13.4. The van der Waals surface area contributed by atoms with Crippen molar-refractivity contribution in [2.45, 2.75) is 39.7 Å². The predicted molar refractivity (Wildman–Crippen MR) is 72.5 cm³/mol. The second kappa shape index (κ2) is 4.36. The van der Waals surface area contributed by atoms with Crippen molar-refractivity contribution in [3.8, 4) is 11.4 Å². The van der Waals surface area contributed by atoms with E-state index >= 15 is 0 Å². The summed E-state index contributed by atoms with van der Waals surface area (Å²) < 4.78 is 3.49. The molecule has 0 aromatic carbocycles. The van der Waals surface area contributed by atoms with Crippen molar-refractivity contribution in [2.24, 2.45) is 0 Å². The number of hydrogen-bond acceptors (Lipinski definition) is 4. The molecular weight excluding hydrogens is 228 g/mol.